The van der Waals surface area contributed by atoms with Crippen LogP contribution in [0.25, 0.3) is 0 Å². The third-order valence-electron chi connectivity index (χ3n) is 3.89. The smallest absolute Gasteiger partial charge is 0.151 e. The molecule has 0 radical (unpaired) electrons. The van der Waals surface area contributed by atoms with Gasteiger partial charge in [0.05, 0.1) is 5.69 Å². The first kappa shape index (κ1) is 13.1. The number of nitrogens with two attached hydrogens (primary N) is 1. The summed E-state index contributed by atoms with van der Waals surface area (Å²) < 4.78 is 0. The van der Waals surface area contributed by atoms with Gasteiger partial charge in [-0.05, 0) is 25.0 Å². The lowest BCUT2D eigenvalue weighted by Gasteiger charge is -2.39. The average molecular weight is 248 g/mol. The normalized spacial score (nSPS) is 17.4. The fourth-order valence-corrected chi connectivity index (χ4v) is 2.78. The van der Waals surface area contributed by atoms with Crippen molar-refractivity contribution >= 4 is 11.5 Å². The van der Waals surface area contributed by atoms with Crippen LogP contribution in [0.2, 0.25) is 0 Å². The third-order valence-corrected chi connectivity index (χ3v) is 3.89. The number of anilines is 2. The van der Waals surface area contributed by atoms with Crippen LogP contribution in [0.15, 0.2) is 18.3 Å². The van der Waals surface area contributed by atoms with Crippen molar-refractivity contribution in [2.24, 2.45) is 0 Å². The van der Waals surface area contributed by atoms with Gasteiger partial charge in [0, 0.05) is 38.4 Å². The van der Waals surface area contributed by atoms with Crippen LogP contribution < -0.4 is 10.6 Å². The van der Waals surface area contributed by atoms with Gasteiger partial charge in [0.25, 0.3) is 0 Å². The number of hydrogen-bond donors (Lipinski definition) is 1. The molecule has 0 aromatic carbocycles. The molecule has 0 atom stereocenters. The van der Waals surface area contributed by atoms with Crippen molar-refractivity contribution in [1.82, 2.24) is 9.88 Å². The first-order valence-corrected chi connectivity index (χ1v) is 6.95. The van der Waals surface area contributed by atoms with Crippen LogP contribution in [-0.2, 0) is 0 Å². The number of pyridine rings is 1. The lowest BCUT2D eigenvalue weighted by atomic mass is 10.1. The van der Waals surface area contributed by atoms with Gasteiger partial charge in [-0.25, -0.2) is 4.98 Å². The van der Waals surface area contributed by atoms with Gasteiger partial charge in [-0.3, -0.25) is 4.90 Å². The minimum absolute atomic E-state index is 0.730. The van der Waals surface area contributed by atoms with E-state index in [4.69, 9.17) is 5.73 Å². The highest BCUT2D eigenvalue weighted by atomic mass is 15.3. The maximum absolute atomic E-state index is 5.98. The molecule has 0 spiro atoms. The summed E-state index contributed by atoms with van der Waals surface area (Å²) >= 11 is 0. The largest absolute Gasteiger partial charge is 0.396 e. The highest BCUT2D eigenvalue weighted by Crippen LogP contribution is 2.21. The van der Waals surface area contributed by atoms with Crippen molar-refractivity contribution in [1.29, 1.82) is 0 Å². The zero-order valence-corrected chi connectivity index (χ0v) is 11.5. The topological polar surface area (TPSA) is 45.4 Å². The van der Waals surface area contributed by atoms with Crippen molar-refractivity contribution in [2.75, 3.05) is 36.8 Å². The molecule has 2 rings (SSSR count). The second-order valence-corrected chi connectivity index (χ2v) is 4.91. The average Bonchev–Trinajstić information content (AvgIpc) is 2.42. The van der Waals surface area contributed by atoms with Crippen molar-refractivity contribution in [2.45, 2.75) is 32.7 Å². The van der Waals surface area contributed by atoms with Crippen LogP contribution in [0, 0.1) is 0 Å². The molecule has 1 aliphatic rings. The molecule has 2 N–H and O–H groups in total. The van der Waals surface area contributed by atoms with E-state index in [0.29, 0.717) is 0 Å². The number of nitrogen functional groups attached to an aromatic ring is 1. The molecule has 0 amide bonds. The summed E-state index contributed by atoms with van der Waals surface area (Å²) in [6, 6.07) is 4.54. The molecule has 0 saturated carbocycles. The number of rotatable bonds is 4. The van der Waals surface area contributed by atoms with Gasteiger partial charge >= 0.3 is 0 Å². The Morgan fingerprint density at radius 3 is 2.44 bits per heavy atom. The lowest BCUT2D eigenvalue weighted by Crippen LogP contribution is -2.50. The van der Waals surface area contributed by atoms with Gasteiger partial charge in [0.15, 0.2) is 5.82 Å². The second-order valence-electron chi connectivity index (χ2n) is 4.91. The first-order valence-electron chi connectivity index (χ1n) is 6.95. The number of hydrogen-bond acceptors (Lipinski definition) is 4. The van der Waals surface area contributed by atoms with Crippen molar-refractivity contribution in [3.63, 3.8) is 0 Å². The molecule has 4 heteroatoms. The van der Waals surface area contributed by atoms with Gasteiger partial charge in [-0.2, -0.15) is 0 Å². The Morgan fingerprint density at radius 1 is 1.22 bits per heavy atom. The number of piperazine rings is 1. The van der Waals surface area contributed by atoms with Crippen molar-refractivity contribution in [3.05, 3.63) is 18.3 Å². The Morgan fingerprint density at radius 2 is 1.89 bits per heavy atom. The fourth-order valence-electron chi connectivity index (χ4n) is 2.78. The van der Waals surface area contributed by atoms with E-state index in [0.717, 1.165) is 43.7 Å². The lowest BCUT2D eigenvalue weighted by molar-refractivity contribution is 0.175. The maximum atomic E-state index is 5.98. The number of aromatic nitrogens is 1. The molecule has 1 aromatic heterocycles. The van der Waals surface area contributed by atoms with Gasteiger partial charge in [0.2, 0.25) is 0 Å². The SMILES string of the molecule is CCC(CC)N1CCN(c2ncccc2N)CC1. The zero-order valence-electron chi connectivity index (χ0n) is 11.5. The van der Waals surface area contributed by atoms with Crippen LogP contribution in [0.5, 0.6) is 0 Å². The van der Waals surface area contributed by atoms with E-state index in [9.17, 15) is 0 Å². The summed E-state index contributed by atoms with van der Waals surface area (Å²) in [5, 5.41) is 0. The molecule has 1 aliphatic heterocycles. The molecule has 1 fully saturated rings. The zero-order chi connectivity index (χ0) is 13.0. The molecule has 2 heterocycles. The summed E-state index contributed by atoms with van der Waals surface area (Å²) in [5.74, 6) is 0.946. The van der Waals surface area contributed by atoms with Crippen LogP contribution >= 0.6 is 0 Å². The minimum Gasteiger partial charge on any atom is -0.396 e. The number of nitrogens with zero attached hydrogens (tertiary/aromatic N) is 3. The van der Waals surface area contributed by atoms with Crippen molar-refractivity contribution in [3.8, 4) is 0 Å². The van der Waals surface area contributed by atoms with Crippen molar-refractivity contribution < 1.29 is 0 Å². The minimum atomic E-state index is 0.730. The highest BCUT2D eigenvalue weighted by Gasteiger charge is 2.23. The summed E-state index contributed by atoms with van der Waals surface area (Å²) in [6.45, 7) is 8.83. The molecular formula is C14H24N4. The van der Waals surface area contributed by atoms with E-state index < -0.39 is 0 Å². The molecule has 1 saturated heterocycles. The standard InChI is InChI=1S/C14H24N4/c1-3-12(4-2)17-8-10-18(11-9-17)14-13(15)6-5-7-16-14/h5-7,12H,3-4,8-11,15H2,1-2H3. The Balaban J connectivity index is 1.96. The summed E-state index contributed by atoms with van der Waals surface area (Å²) in [7, 11) is 0. The van der Waals surface area contributed by atoms with E-state index in [1.54, 1.807) is 0 Å². The second kappa shape index (κ2) is 6.05. The van der Waals surface area contributed by atoms with Crippen LogP contribution in [0.1, 0.15) is 26.7 Å². The van der Waals surface area contributed by atoms with Gasteiger partial charge in [0.1, 0.15) is 0 Å². The van der Waals surface area contributed by atoms with Gasteiger partial charge < -0.3 is 10.6 Å². The Bertz CT molecular complexity index is 368. The molecule has 100 valence electrons. The Labute approximate surface area is 110 Å². The monoisotopic (exact) mass is 248 g/mol. The molecule has 0 aliphatic carbocycles. The molecule has 0 bridgehead atoms. The predicted molar refractivity (Wildman–Crippen MR) is 76.8 cm³/mol. The van der Waals surface area contributed by atoms with E-state index in [-0.39, 0.29) is 0 Å². The van der Waals surface area contributed by atoms with E-state index in [1.165, 1.54) is 12.8 Å². The molecule has 1 aromatic rings. The van der Waals surface area contributed by atoms with Gasteiger partial charge in [-0.1, -0.05) is 13.8 Å². The predicted octanol–water partition coefficient (Wildman–Crippen LogP) is 1.97. The van der Waals surface area contributed by atoms with E-state index in [2.05, 4.69) is 28.6 Å². The van der Waals surface area contributed by atoms with E-state index >= 15 is 0 Å². The summed E-state index contributed by atoms with van der Waals surface area (Å²) in [5.41, 5.74) is 6.77. The first-order chi connectivity index (χ1) is 8.76. The third kappa shape index (κ3) is 2.75. The fraction of sp³-hybridized carbons (Fsp3) is 0.643. The molecule has 0 unspecified atom stereocenters. The summed E-state index contributed by atoms with van der Waals surface area (Å²) in [4.78, 5) is 9.29. The molecule has 18 heavy (non-hydrogen) atoms. The van der Waals surface area contributed by atoms with Gasteiger partial charge in [-0.15, -0.1) is 0 Å². The molecular weight excluding hydrogens is 224 g/mol. The highest BCUT2D eigenvalue weighted by molar-refractivity contribution is 5.62. The summed E-state index contributed by atoms with van der Waals surface area (Å²) in [6.07, 6.45) is 4.30. The quantitative estimate of drug-likeness (QED) is 0.885. The Hall–Kier alpha value is -1.29. The van der Waals surface area contributed by atoms with Crippen LogP contribution in [0.4, 0.5) is 11.5 Å². The maximum Gasteiger partial charge on any atom is 0.151 e. The Kier molecular flexibility index (Phi) is 4.42. The van der Waals surface area contributed by atoms with Crippen LogP contribution in [0.3, 0.4) is 0 Å². The van der Waals surface area contributed by atoms with Crippen LogP contribution in [-0.4, -0.2) is 42.1 Å². The van der Waals surface area contributed by atoms with E-state index in [1.807, 2.05) is 18.3 Å². The molecule has 4 nitrogen and oxygen atoms in total.